The Morgan fingerprint density at radius 3 is 2.86 bits per heavy atom. The topological polar surface area (TPSA) is 39.1 Å². The van der Waals surface area contributed by atoms with Gasteiger partial charge in [-0.2, -0.15) is 5.10 Å². The zero-order valence-corrected chi connectivity index (χ0v) is 13.6. The van der Waals surface area contributed by atoms with Gasteiger partial charge in [0.05, 0.1) is 16.4 Å². The van der Waals surface area contributed by atoms with E-state index in [-0.39, 0.29) is 0 Å². The van der Waals surface area contributed by atoms with E-state index in [1.165, 1.54) is 5.56 Å². The minimum atomic E-state index is 0.625. The first-order valence-corrected chi connectivity index (χ1v) is 7.61. The molecule has 5 heteroatoms. The summed E-state index contributed by atoms with van der Waals surface area (Å²) >= 11 is 6.26. The highest BCUT2D eigenvalue weighted by Gasteiger charge is 2.11. The van der Waals surface area contributed by atoms with E-state index in [0.717, 1.165) is 35.2 Å². The van der Waals surface area contributed by atoms with Crippen molar-refractivity contribution in [2.24, 2.45) is 0 Å². The van der Waals surface area contributed by atoms with Gasteiger partial charge in [0, 0.05) is 19.6 Å². The van der Waals surface area contributed by atoms with Crippen molar-refractivity contribution in [1.29, 1.82) is 0 Å². The van der Waals surface area contributed by atoms with Crippen molar-refractivity contribution in [1.82, 2.24) is 15.1 Å². The van der Waals surface area contributed by atoms with Crippen LogP contribution in [0.5, 0.6) is 5.75 Å². The highest BCUT2D eigenvalue weighted by atomic mass is 35.5. The van der Waals surface area contributed by atoms with E-state index >= 15 is 0 Å². The quantitative estimate of drug-likeness (QED) is 0.797. The second-order valence-electron chi connectivity index (χ2n) is 5.00. The molecular formula is C16H22ClN3O. The van der Waals surface area contributed by atoms with Gasteiger partial charge < -0.3 is 10.1 Å². The molecule has 0 fully saturated rings. The molecule has 2 aromatic rings. The molecule has 0 radical (unpaired) electrons. The molecule has 0 unspecified atom stereocenters. The number of nitrogens with one attached hydrogen (secondary N) is 1. The van der Waals surface area contributed by atoms with Crippen LogP contribution in [-0.2, 0) is 13.1 Å². The number of hydrogen-bond acceptors (Lipinski definition) is 3. The number of halogens is 1. The van der Waals surface area contributed by atoms with E-state index in [4.69, 9.17) is 16.3 Å². The lowest BCUT2D eigenvalue weighted by Gasteiger charge is -2.09. The van der Waals surface area contributed by atoms with Crippen LogP contribution < -0.4 is 10.1 Å². The maximum atomic E-state index is 6.26. The Balaban J connectivity index is 1.77. The van der Waals surface area contributed by atoms with Gasteiger partial charge in [0.1, 0.15) is 12.4 Å². The van der Waals surface area contributed by atoms with Gasteiger partial charge in [0.25, 0.3) is 0 Å². The lowest BCUT2D eigenvalue weighted by atomic mass is 10.2. The Hall–Kier alpha value is -1.52. The van der Waals surface area contributed by atoms with Crippen LogP contribution in [0.4, 0.5) is 0 Å². The number of aryl methyl sites for hydroxylation is 3. The van der Waals surface area contributed by atoms with E-state index in [9.17, 15) is 0 Å². The van der Waals surface area contributed by atoms with Crippen molar-refractivity contribution in [3.05, 3.63) is 46.2 Å². The van der Waals surface area contributed by atoms with Crippen LogP contribution in [0.1, 0.15) is 23.9 Å². The molecule has 114 valence electrons. The smallest absolute Gasteiger partial charge is 0.119 e. The van der Waals surface area contributed by atoms with Crippen LogP contribution >= 0.6 is 11.6 Å². The number of aromatic nitrogens is 2. The molecule has 4 nitrogen and oxygen atoms in total. The fraction of sp³-hybridized carbons (Fsp3) is 0.438. The molecule has 0 aliphatic heterocycles. The number of rotatable bonds is 7. The van der Waals surface area contributed by atoms with Gasteiger partial charge in [0.2, 0.25) is 0 Å². The zero-order chi connectivity index (χ0) is 15.2. The maximum absolute atomic E-state index is 6.26. The molecule has 1 N–H and O–H groups in total. The van der Waals surface area contributed by atoms with Gasteiger partial charge in [-0.25, -0.2) is 0 Å². The summed E-state index contributed by atoms with van der Waals surface area (Å²) in [5, 5.41) is 8.50. The molecule has 0 saturated heterocycles. The van der Waals surface area contributed by atoms with Gasteiger partial charge in [-0.15, -0.1) is 0 Å². The Morgan fingerprint density at radius 1 is 1.33 bits per heavy atom. The van der Waals surface area contributed by atoms with E-state index in [0.29, 0.717) is 13.2 Å². The van der Waals surface area contributed by atoms with E-state index < -0.39 is 0 Å². The van der Waals surface area contributed by atoms with E-state index in [1.54, 1.807) is 0 Å². The largest absolute Gasteiger partial charge is 0.492 e. The van der Waals surface area contributed by atoms with Crippen LogP contribution in [0, 0.1) is 13.8 Å². The van der Waals surface area contributed by atoms with Crippen molar-refractivity contribution >= 4 is 11.6 Å². The third kappa shape index (κ3) is 4.22. The summed E-state index contributed by atoms with van der Waals surface area (Å²) in [5.41, 5.74) is 3.12. The lowest BCUT2D eigenvalue weighted by molar-refractivity contribution is 0.312. The van der Waals surface area contributed by atoms with Crippen LogP contribution in [-0.4, -0.2) is 22.9 Å². The lowest BCUT2D eigenvalue weighted by Crippen LogP contribution is -2.22. The molecule has 0 spiro atoms. The second kappa shape index (κ2) is 7.48. The van der Waals surface area contributed by atoms with Crippen molar-refractivity contribution < 1.29 is 4.74 Å². The minimum Gasteiger partial charge on any atom is -0.492 e. The van der Waals surface area contributed by atoms with E-state index in [2.05, 4.69) is 30.3 Å². The number of hydrogen-bond donors (Lipinski definition) is 1. The van der Waals surface area contributed by atoms with Crippen LogP contribution in [0.15, 0.2) is 24.3 Å². The molecule has 1 heterocycles. The molecule has 1 aromatic heterocycles. The second-order valence-corrected chi connectivity index (χ2v) is 5.38. The minimum absolute atomic E-state index is 0.625. The summed E-state index contributed by atoms with van der Waals surface area (Å²) in [6, 6.07) is 8.06. The summed E-state index contributed by atoms with van der Waals surface area (Å²) in [4.78, 5) is 0. The molecular weight excluding hydrogens is 286 g/mol. The highest BCUT2D eigenvalue weighted by molar-refractivity contribution is 6.31. The molecule has 1 aromatic carbocycles. The summed E-state index contributed by atoms with van der Waals surface area (Å²) in [7, 11) is 0. The van der Waals surface area contributed by atoms with Gasteiger partial charge in [-0.05, 0) is 38.5 Å². The van der Waals surface area contributed by atoms with Gasteiger partial charge in [-0.1, -0.05) is 23.7 Å². The first-order valence-electron chi connectivity index (χ1n) is 7.23. The van der Waals surface area contributed by atoms with Crippen LogP contribution in [0.3, 0.4) is 0 Å². The normalized spacial score (nSPS) is 10.9. The van der Waals surface area contributed by atoms with Crippen molar-refractivity contribution in [2.75, 3.05) is 13.2 Å². The fourth-order valence-corrected chi connectivity index (χ4v) is 2.39. The molecule has 2 rings (SSSR count). The summed E-state index contributed by atoms with van der Waals surface area (Å²) in [5.74, 6) is 0.907. The first kappa shape index (κ1) is 15.9. The van der Waals surface area contributed by atoms with Crippen LogP contribution in [0.2, 0.25) is 5.02 Å². The Bertz CT molecular complexity index is 595. The zero-order valence-electron chi connectivity index (χ0n) is 12.8. The average molecular weight is 308 g/mol. The molecule has 0 bridgehead atoms. The molecule has 0 amide bonds. The highest BCUT2D eigenvalue weighted by Crippen LogP contribution is 2.19. The summed E-state index contributed by atoms with van der Waals surface area (Å²) in [6.45, 7) is 8.96. The number of nitrogens with zero attached hydrogens (tertiary/aromatic N) is 2. The number of ether oxygens (including phenoxy) is 1. The third-order valence-electron chi connectivity index (χ3n) is 3.28. The SMILES string of the molecule is CCn1nc(C)c(Cl)c1CNCCOc1cccc(C)c1. The van der Waals surface area contributed by atoms with Crippen LogP contribution in [0.25, 0.3) is 0 Å². The Labute approximate surface area is 131 Å². The first-order chi connectivity index (χ1) is 10.1. The Morgan fingerprint density at radius 2 is 2.14 bits per heavy atom. The molecule has 0 aliphatic rings. The number of benzene rings is 1. The third-order valence-corrected chi connectivity index (χ3v) is 3.77. The predicted molar refractivity (Wildman–Crippen MR) is 86.0 cm³/mol. The predicted octanol–water partition coefficient (Wildman–Crippen LogP) is 3.34. The summed E-state index contributed by atoms with van der Waals surface area (Å²) < 4.78 is 7.64. The van der Waals surface area contributed by atoms with Crippen molar-refractivity contribution in [3.63, 3.8) is 0 Å². The van der Waals surface area contributed by atoms with Gasteiger partial charge >= 0.3 is 0 Å². The molecule has 0 aliphatic carbocycles. The monoisotopic (exact) mass is 307 g/mol. The maximum Gasteiger partial charge on any atom is 0.119 e. The van der Waals surface area contributed by atoms with Gasteiger partial charge in [-0.3, -0.25) is 4.68 Å². The van der Waals surface area contributed by atoms with E-state index in [1.807, 2.05) is 29.8 Å². The fourth-order valence-electron chi connectivity index (χ4n) is 2.19. The summed E-state index contributed by atoms with van der Waals surface area (Å²) in [6.07, 6.45) is 0. The van der Waals surface area contributed by atoms with Crippen molar-refractivity contribution in [2.45, 2.75) is 33.9 Å². The van der Waals surface area contributed by atoms with Gasteiger partial charge in [0.15, 0.2) is 0 Å². The average Bonchev–Trinajstić information content (AvgIpc) is 2.74. The standard InChI is InChI=1S/C16H22ClN3O/c1-4-20-15(16(17)13(3)19-20)11-18-8-9-21-14-7-5-6-12(2)10-14/h5-7,10,18H,4,8-9,11H2,1-3H3. The van der Waals surface area contributed by atoms with Crippen molar-refractivity contribution in [3.8, 4) is 5.75 Å². The Kier molecular flexibility index (Phi) is 5.65. The molecule has 21 heavy (non-hydrogen) atoms. The molecule has 0 saturated carbocycles. The molecule has 0 atom stereocenters.